The zero-order chi connectivity index (χ0) is 13.3. The Morgan fingerprint density at radius 2 is 1.42 bits per heavy atom. The first-order chi connectivity index (χ1) is 9.40. The Morgan fingerprint density at radius 1 is 0.789 bits per heavy atom. The standard InChI is InChI=1S/C19H24/c1-2-3-6-15-19(18-13-9-5-10-14-18)16-17-11-7-4-8-12-17/h4-5,7-14,19H,2-3,6,15-16H2,1H3. The van der Waals surface area contributed by atoms with Gasteiger partial charge in [0.25, 0.3) is 0 Å². The van der Waals surface area contributed by atoms with Gasteiger partial charge in [-0.3, -0.25) is 0 Å². The van der Waals surface area contributed by atoms with Gasteiger partial charge in [0.15, 0.2) is 0 Å². The maximum absolute atomic E-state index is 2.28. The van der Waals surface area contributed by atoms with Gasteiger partial charge in [-0.05, 0) is 29.9 Å². The van der Waals surface area contributed by atoms with Crippen molar-refractivity contribution in [2.75, 3.05) is 0 Å². The Morgan fingerprint density at radius 3 is 2.05 bits per heavy atom. The zero-order valence-corrected chi connectivity index (χ0v) is 11.9. The number of rotatable bonds is 7. The van der Waals surface area contributed by atoms with Crippen molar-refractivity contribution in [3.05, 3.63) is 71.8 Å². The van der Waals surface area contributed by atoms with E-state index in [1.165, 1.54) is 36.8 Å². The molecular formula is C19H24. The second-order valence-electron chi connectivity index (χ2n) is 5.29. The highest BCUT2D eigenvalue weighted by molar-refractivity contribution is 5.24. The van der Waals surface area contributed by atoms with Crippen molar-refractivity contribution in [3.8, 4) is 0 Å². The van der Waals surface area contributed by atoms with Crippen LogP contribution in [0.25, 0.3) is 0 Å². The van der Waals surface area contributed by atoms with E-state index in [1.807, 2.05) is 0 Å². The van der Waals surface area contributed by atoms with Gasteiger partial charge in [0, 0.05) is 0 Å². The molecule has 0 aliphatic heterocycles. The van der Waals surface area contributed by atoms with Gasteiger partial charge in [-0.1, -0.05) is 86.8 Å². The lowest BCUT2D eigenvalue weighted by atomic mass is 9.87. The molecule has 1 unspecified atom stereocenters. The van der Waals surface area contributed by atoms with Gasteiger partial charge in [0.05, 0.1) is 0 Å². The predicted molar refractivity (Wildman–Crippen MR) is 83.5 cm³/mol. The Kier molecular flexibility index (Phi) is 5.68. The van der Waals surface area contributed by atoms with Crippen LogP contribution < -0.4 is 0 Å². The molecule has 0 aliphatic rings. The van der Waals surface area contributed by atoms with E-state index in [1.54, 1.807) is 0 Å². The van der Waals surface area contributed by atoms with E-state index >= 15 is 0 Å². The van der Waals surface area contributed by atoms with Gasteiger partial charge in [0.1, 0.15) is 0 Å². The smallest absolute Gasteiger partial charge is 0.0121 e. The summed E-state index contributed by atoms with van der Waals surface area (Å²) in [5, 5.41) is 0. The van der Waals surface area contributed by atoms with Gasteiger partial charge in [-0.25, -0.2) is 0 Å². The van der Waals surface area contributed by atoms with Crippen molar-refractivity contribution in [1.82, 2.24) is 0 Å². The van der Waals surface area contributed by atoms with E-state index in [0.29, 0.717) is 5.92 Å². The fourth-order valence-electron chi connectivity index (χ4n) is 2.65. The van der Waals surface area contributed by atoms with Crippen LogP contribution in [0, 0.1) is 0 Å². The number of hydrogen-bond acceptors (Lipinski definition) is 0. The van der Waals surface area contributed by atoms with Crippen LogP contribution in [0.15, 0.2) is 60.7 Å². The van der Waals surface area contributed by atoms with Crippen molar-refractivity contribution in [3.63, 3.8) is 0 Å². The van der Waals surface area contributed by atoms with E-state index in [9.17, 15) is 0 Å². The molecule has 0 fully saturated rings. The Hall–Kier alpha value is -1.56. The minimum atomic E-state index is 0.662. The van der Waals surface area contributed by atoms with Crippen LogP contribution in [0.2, 0.25) is 0 Å². The SMILES string of the molecule is CCCCCC(Cc1ccccc1)c1ccccc1. The maximum atomic E-state index is 2.28. The van der Waals surface area contributed by atoms with Crippen molar-refractivity contribution < 1.29 is 0 Å². The molecule has 19 heavy (non-hydrogen) atoms. The van der Waals surface area contributed by atoms with Gasteiger partial charge in [-0.2, -0.15) is 0 Å². The molecule has 0 aliphatic carbocycles. The maximum Gasteiger partial charge on any atom is -0.0121 e. The fourth-order valence-corrected chi connectivity index (χ4v) is 2.65. The normalized spacial score (nSPS) is 12.3. The summed E-state index contributed by atoms with van der Waals surface area (Å²) in [5.41, 5.74) is 2.94. The fraction of sp³-hybridized carbons (Fsp3) is 0.368. The van der Waals surface area contributed by atoms with Crippen LogP contribution in [0.1, 0.15) is 49.7 Å². The Balaban J connectivity index is 2.06. The third-order valence-corrected chi connectivity index (χ3v) is 3.75. The molecule has 0 aromatic heterocycles. The number of unbranched alkanes of at least 4 members (excludes halogenated alkanes) is 2. The predicted octanol–water partition coefficient (Wildman–Crippen LogP) is 5.59. The van der Waals surface area contributed by atoms with E-state index in [4.69, 9.17) is 0 Å². The lowest BCUT2D eigenvalue weighted by molar-refractivity contribution is 0.563. The molecule has 0 N–H and O–H groups in total. The molecule has 2 rings (SSSR count). The molecule has 0 heterocycles. The molecule has 0 spiro atoms. The average Bonchev–Trinajstić information content (AvgIpc) is 2.48. The molecule has 0 amide bonds. The highest BCUT2D eigenvalue weighted by Gasteiger charge is 2.11. The monoisotopic (exact) mass is 252 g/mol. The summed E-state index contributed by atoms with van der Waals surface area (Å²) in [7, 11) is 0. The minimum absolute atomic E-state index is 0.662. The van der Waals surface area contributed by atoms with Crippen molar-refractivity contribution in [2.24, 2.45) is 0 Å². The van der Waals surface area contributed by atoms with E-state index in [-0.39, 0.29) is 0 Å². The van der Waals surface area contributed by atoms with Crippen molar-refractivity contribution in [2.45, 2.75) is 44.9 Å². The molecule has 0 radical (unpaired) electrons. The number of hydrogen-bond donors (Lipinski definition) is 0. The van der Waals surface area contributed by atoms with Crippen LogP contribution in [0.3, 0.4) is 0 Å². The lowest BCUT2D eigenvalue weighted by Gasteiger charge is -2.17. The van der Waals surface area contributed by atoms with E-state index < -0.39 is 0 Å². The summed E-state index contributed by atoms with van der Waals surface area (Å²) in [6.07, 6.45) is 6.44. The molecule has 0 nitrogen and oxygen atoms in total. The van der Waals surface area contributed by atoms with Crippen LogP contribution >= 0.6 is 0 Å². The van der Waals surface area contributed by atoms with Crippen molar-refractivity contribution in [1.29, 1.82) is 0 Å². The van der Waals surface area contributed by atoms with Crippen LogP contribution in [0.4, 0.5) is 0 Å². The molecule has 0 saturated carbocycles. The van der Waals surface area contributed by atoms with Gasteiger partial charge in [0.2, 0.25) is 0 Å². The highest BCUT2D eigenvalue weighted by Crippen LogP contribution is 2.26. The molecule has 0 heteroatoms. The summed E-state index contributed by atoms with van der Waals surface area (Å²) in [5.74, 6) is 0.662. The summed E-state index contributed by atoms with van der Waals surface area (Å²) in [6, 6.07) is 21.9. The minimum Gasteiger partial charge on any atom is -0.0654 e. The first kappa shape index (κ1) is 13.9. The summed E-state index contributed by atoms with van der Waals surface area (Å²) >= 11 is 0. The zero-order valence-electron chi connectivity index (χ0n) is 11.9. The molecule has 2 aromatic rings. The largest absolute Gasteiger partial charge is 0.0654 e. The highest BCUT2D eigenvalue weighted by atomic mass is 14.2. The Labute approximate surface area is 117 Å². The first-order valence-corrected chi connectivity index (χ1v) is 7.49. The second-order valence-corrected chi connectivity index (χ2v) is 5.29. The van der Waals surface area contributed by atoms with Crippen molar-refractivity contribution >= 4 is 0 Å². The third kappa shape index (κ3) is 4.55. The summed E-state index contributed by atoms with van der Waals surface area (Å²) in [6.45, 7) is 2.27. The van der Waals surface area contributed by atoms with Gasteiger partial charge < -0.3 is 0 Å². The molecule has 100 valence electrons. The van der Waals surface area contributed by atoms with Crippen LogP contribution in [0.5, 0.6) is 0 Å². The Bertz CT molecular complexity index is 444. The molecular weight excluding hydrogens is 228 g/mol. The van der Waals surface area contributed by atoms with Crippen LogP contribution in [-0.4, -0.2) is 0 Å². The van der Waals surface area contributed by atoms with Gasteiger partial charge >= 0.3 is 0 Å². The average molecular weight is 252 g/mol. The third-order valence-electron chi connectivity index (χ3n) is 3.75. The van der Waals surface area contributed by atoms with Gasteiger partial charge in [-0.15, -0.1) is 0 Å². The summed E-state index contributed by atoms with van der Waals surface area (Å²) in [4.78, 5) is 0. The first-order valence-electron chi connectivity index (χ1n) is 7.49. The molecule has 0 bridgehead atoms. The molecule has 0 saturated heterocycles. The second kappa shape index (κ2) is 7.78. The quantitative estimate of drug-likeness (QED) is 0.563. The van der Waals surface area contributed by atoms with Crippen LogP contribution in [-0.2, 0) is 6.42 Å². The summed E-state index contributed by atoms with van der Waals surface area (Å²) < 4.78 is 0. The lowest BCUT2D eigenvalue weighted by Crippen LogP contribution is -2.03. The molecule has 1 atom stereocenters. The number of benzene rings is 2. The topological polar surface area (TPSA) is 0 Å². The van der Waals surface area contributed by atoms with E-state index in [0.717, 1.165) is 6.42 Å². The van der Waals surface area contributed by atoms with E-state index in [2.05, 4.69) is 67.6 Å². The molecule has 2 aromatic carbocycles.